The van der Waals surface area contributed by atoms with E-state index in [-0.39, 0.29) is 17.4 Å². The maximum atomic E-state index is 5.76. The zero-order chi connectivity index (χ0) is 26.5. The fourth-order valence-corrected chi connectivity index (χ4v) is 4.21. The SMILES string of the molecule is CCN(c1ccccc1)c1nc(N)nc2[nH]ncc12.CCN(c1ccccc1)c1nc(N)nc2[nH]ncc12.O. The molecule has 39 heavy (non-hydrogen) atoms. The number of fused-ring (bicyclic) bond motifs is 2. The maximum absolute atomic E-state index is 5.76. The van der Waals surface area contributed by atoms with Crippen molar-refractivity contribution >= 4 is 57.0 Å². The van der Waals surface area contributed by atoms with E-state index in [1.807, 2.05) is 60.7 Å². The number of nitrogen functional groups attached to an aromatic ring is 2. The zero-order valence-electron chi connectivity index (χ0n) is 21.6. The molecule has 6 rings (SSSR count). The number of nitrogens with one attached hydrogen (secondary N) is 2. The smallest absolute Gasteiger partial charge is 0.224 e. The third-order valence-corrected chi connectivity index (χ3v) is 5.89. The molecule has 13 nitrogen and oxygen atoms in total. The average molecular weight is 527 g/mol. The zero-order valence-corrected chi connectivity index (χ0v) is 21.6. The second-order valence-corrected chi connectivity index (χ2v) is 8.24. The van der Waals surface area contributed by atoms with Crippen LogP contribution in [0.15, 0.2) is 73.1 Å². The van der Waals surface area contributed by atoms with E-state index in [1.54, 1.807) is 12.4 Å². The molecule has 0 amide bonds. The van der Waals surface area contributed by atoms with Crippen LogP contribution in [-0.2, 0) is 0 Å². The first-order chi connectivity index (χ1) is 18.6. The molecule has 13 heteroatoms. The second kappa shape index (κ2) is 11.8. The summed E-state index contributed by atoms with van der Waals surface area (Å²) in [7, 11) is 0. The van der Waals surface area contributed by atoms with Crippen molar-refractivity contribution in [2.24, 2.45) is 0 Å². The number of aromatic amines is 2. The van der Waals surface area contributed by atoms with Gasteiger partial charge >= 0.3 is 0 Å². The molecular weight excluding hydrogens is 496 g/mol. The molecule has 4 aromatic heterocycles. The van der Waals surface area contributed by atoms with Crippen molar-refractivity contribution in [1.29, 1.82) is 0 Å². The highest BCUT2D eigenvalue weighted by Gasteiger charge is 2.16. The number of hydrogen-bond acceptors (Lipinski definition) is 10. The molecule has 2 aromatic carbocycles. The molecule has 0 bridgehead atoms. The van der Waals surface area contributed by atoms with Crippen molar-refractivity contribution < 1.29 is 5.48 Å². The summed E-state index contributed by atoms with van der Waals surface area (Å²) in [5.74, 6) is 2.01. The van der Waals surface area contributed by atoms with Crippen molar-refractivity contribution in [3.63, 3.8) is 0 Å². The number of aromatic nitrogens is 8. The number of anilines is 6. The van der Waals surface area contributed by atoms with Gasteiger partial charge in [-0.1, -0.05) is 36.4 Å². The van der Waals surface area contributed by atoms with Crippen LogP contribution in [0, 0.1) is 0 Å². The normalized spacial score (nSPS) is 10.5. The van der Waals surface area contributed by atoms with E-state index in [0.29, 0.717) is 11.3 Å². The number of nitrogens with two attached hydrogens (primary N) is 2. The van der Waals surface area contributed by atoms with E-state index in [1.165, 1.54) is 0 Å². The summed E-state index contributed by atoms with van der Waals surface area (Å²) in [4.78, 5) is 21.1. The number of H-pyrrole nitrogens is 2. The molecular formula is C26H30N12O. The lowest BCUT2D eigenvalue weighted by Gasteiger charge is -2.22. The lowest BCUT2D eigenvalue weighted by Crippen LogP contribution is -2.18. The molecule has 0 aliphatic rings. The lowest BCUT2D eigenvalue weighted by molar-refractivity contribution is 0.824. The standard InChI is InChI=1S/2C13H14N6.H2O/c2*1-2-19(9-6-4-3-5-7-9)12-10-8-15-18-11(10)16-13(14)17-12;/h2*3-8H,2H2,1H3,(H3,14,15,16,17,18);1H2. The van der Waals surface area contributed by atoms with Gasteiger partial charge in [-0.05, 0) is 38.1 Å². The predicted molar refractivity (Wildman–Crippen MR) is 154 cm³/mol. The molecule has 0 aliphatic heterocycles. The Labute approximate surface area is 224 Å². The van der Waals surface area contributed by atoms with Gasteiger partial charge in [-0.15, -0.1) is 0 Å². The van der Waals surface area contributed by atoms with Crippen LogP contribution in [0.1, 0.15) is 13.8 Å². The van der Waals surface area contributed by atoms with Gasteiger partial charge in [0, 0.05) is 24.5 Å². The van der Waals surface area contributed by atoms with Gasteiger partial charge in [-0.25, -0.2) is 0 Å². The van der Waals surface area contributed by atoms with Gasteiger partial charge in [-0.2, -0.15) is 30.1 Å². The summed E-state index contributed by atoms with van der Waals surface area (Å²) in [6, 6.07) is 20.1. The summed E-state index contributed by atoms with van der Waals surface area (Å²) in [6.45, 7) is 5.69. The van der Waals surface area contributed by atoms with Gasteiger partial charge in [0.15, 0.2) is 11.3 Å². The Kier molecular flexibility index (Phi) is 8.12. The van der Waals surface area contributed by atoms with Crippen LogP contribution in [0.25, 0.3) is 22.1 Å². The Hall–Kier alpha value is -5.30. The monoisotopic (exact) mass is 526 g/mol. The maximum Gasteiger partial charge on any atom is 0.224 e. The first kappa shape index (κ1) is 26.8. The molecule has 6 aromatic rings. The Morgan fingerprint density at radius 1 is 0.615 bits per heavy atom. The molecule has 200 valence electrons. The van der Waals surface area contributed by atoms with Crippen LogP contribution < -0.4 is 21.3 Å². The molecule has 0 saturated carbocycles. The van der Waals surface area contributed by atoms with E-state index >= 15 is 0 Å². The van der Waals surface area contributed by atoms with Gasteiger partial charge in [-0.3, -0.25) is 10.2 Å². The third-order valence-electron chi connectivity index (χ3n) is 5.89. The van der Waals surface area contributed by atoms with Gasteiger partial charge in [0.25, 0.3) is 0 Å². The largest absolute Gasteiger partial charge is 0.412 e. The Bertz CT molecular complexity index is 1510. The summed E-state index contributed by atoms with van der Waals surface area (Å²) < 4.78 is 0. The number of para-hydroxylation sites is 2. The number of hydrogen-bond donors (Lipinski definition) is 4. The van der Waals surface area contributed by atoms with E-state index in [0.717, 1.165) is 46.9 Å². The molecule has 0 saturated heterocycles. The van der Waals surface area contributed by atoms with Crippen LogP contribution in [0.2, 0.25) is 0 Å². The Morgan fingerprint density at radius 2 is 1.00 bits per heavy atom. The molecule has 0 atom stereocenters. The molecule has 0 fully saturated rings. The number of nitrogens with zero attached hydrogens (tertiary/aromatic N) is 8. The minimum absolute atomic E-state index is 0. The number of rotatable bonds is 6. The summed E-state index contributed by atoms with van der Waals surface area (Å²) in [5, 5.41) is 15.4. The fourth-order valence-electron chi connectivity index (χ4n) is 4.21. The number of benzene rings is 2. The highest BCUT2D eigenvalue weighted by molar-refractivity contribution is 5.90. The minimum Gasteiger partial charge on any atom is -0.412 e. The van der Waals surface area contributed by atoms with Crippen LogP contribution >= 0.6 is 0 Å². The first-order valence-corrected chi connectivity index (χ1v) is 12.2. The quantitative estimate of drug-likeness (QED) is 0.249. The molecule has 0 spiro atoms. The minimum atomic E-state index is 0. The topological polar surface area (TPSA) is 199 Å². The van der Waals surface area contributed by atoms with E-state index in [4.69, 9.17) is 11.5 Å². The van der Waals surface area contributed by atoms with Crippen LogP contribution in [0.4, 0.5) is 34.9 Å². The van der Waals surface area contributed by atoms with Gasteiger partial charge in [0.05, 0.1) is 23.2 Å². The van der Waals surface area contributed by atoms with Crippen LogP contribution in [0.5, 0.6) is 0 Å². The van der Waals surface area contributed by atoms with Crippen molar-refractivity contribution in [3.8, 4) is 0 Å². The lowest BCUT2D eigenvalue weighted by atomic mass is 10.2. The highest BCUT2D eigenvalue weighted by Crippen LogP contribution is 2.30. The molecule has 0 radical (unpaired) electrons. The van der Waals surface area contributed by atoms with Gasteiger partial charge in [0.1, 0.15) is 11.6 Å². The predicted octanol–water partition coefficient (Wildman–Crippen LogP) is 3.36. The molecule has 0 aliphatic carbocycles. The fraction of sp³-hybridized carbons (Fsp3) is 0.154. The van der Waals surface area contributed by atoms with Crippen LogP contribution in [0.3, 0.4) is 0 Å². The Balaban J connectivity index is 0.000000176. The van der Waals surface area contributed by atoms with Crippen LogP contribution in [-0.4, -0.2) is 58.9 Å². The summed E-state index contributed by atoms with van der Waals surface area (Å²) in [5.41, 5.74) is 14.9. The third kappa shape index (κ3) is 5.52. The van der Waals surface area contributed by atoms with Gasteiger partial charge in [0.2, 0.25) is 11.9 Å². The molecule has 8 N–H and O–H groups in total. The van der Waals surface area contributed by atoms with E-state index in [9.17, 15) is 0 Å². The first-order valence-electron chi connectivity index (χ1n) is 12.2. The van der Waals surface area contributed by atoms with Crippen molar-refractivity contribution in [2.45, 2.75) is 13.8 Å². The molecule has 0 unspecified atom stereocenters. The Morgan fingerprint density at radius 3 is 1.36 bits per heavy atom. The average Bonchev–Trinajstić information content (AvgIpc) is 3.61. The van der Waals surface area contributed by atoms with Crippen molar-refractivity contribution in [1.82, 2.24) is 40.3 Å². The molecule has 4 heterocycles. The second-order valence-electron chi connectivity index (χ2n) is 8.24. The van der Waals surface area contributed by atoms with Gasteiger partial charge < -0.3 is 26.7 Å². The highest BCUT2D eigenvalue weighted by atomic mass is 16.0. The summed E-state index contributed by atoms with van der Waals surface area (Å²) >= 11 is 0. The summed E-state index contributed by atoms with van der Waals surface area (Å²) in [6.07, 6.45) is 3.44. The van der Waals surface area contributed by atoms with Crippen molar-refractivity contribution in [2.75, 3.05) is 34.4 Å². The van der Waals surface area contributed by atoms with Crippen molar-refractivity contribution in [3.05, 3.63) is 73.1 Å². The van der Waals surface area contributed by atoms with E-state index in [2.05, 4.69) is 64.0 Å². The van der Waals surface area contributed by atoms with E-state index < -0.39 is 0 Å².